The fraction of sp³-hybridized carbons (Fsp3) is 0.444. The Morgan fingerprint density at radius 2 is 2.13 bits per heavy atom. The summed E-state index contributed by atoms with van der Waals surface area (Å²) in [6, 6.07) is 3.87. The summed E-state index contributed by atoms with van der Waals surface area (Å²) in [6.07, 6.45) is 5.41. The average molecular weight is 314 g/mol. The second kappa shape index (κ2) is 7.42. The van der Waals surface area contributed by atoms with Crippen molar-refractivity contribution in [2.75, 3.05) is 20.6 Å². The molecule has 2 aromatic heterocycles. The Morgan fingerprint density at radius 1 is 1.39 bits per heavy atom. The van der Waals surface area contributed by atoms with E-state index < -0.39 is 0 Å². The second-order valence-corrected chi connectivity index (χ2v) is 6.05. The van der Waals surface area contributed by atoms with E-state index in [-0.39, 0.29) is 5.91 Å². The van der Waals surface area contributed by atoms with Crippen LogP contribution in [0.2, 0.25) is 0 Å². The summed E-state index contributed by atoms with van der Waals surface area (Å²) < 4.78 is 2.24. The highest BCUT2D eigenvalue weighted by Gasteiger charge is 2.23. The van der Waals surface area contributed by atoms with E-state index in [1.54, 1.807) is 12.4 Å². The molecule has 0 radical (unpaired) electrons. The molecule has 0 bridgehead atoms. The van der Waals surface area contributed by atoms with E-state index in [1.165, 1.54) is 0 Å². The molecule has 0 fully saturated rings. The molecule has 1 amide bonds. The van der Waals surface area contributed by atoms with Gasteiger partial charge in [0.1, 0.15) is 0 Å². The van der Waals surface area contributed by atoms with E-state index in [2.05, 4.69) is 35.5 Å². The van der Waals surface area contributed by atoms with Crippen molar-refractivity contribution >= 4 is 5.91 Å². The van der Waals surface area contributed by atoms with Crippen LogP contribution in [0, 0.1) is 6.92 Å². The van der Waals surface area contributed by atoms with Crippen LogP contribution >= 0.6 is 0 Å². The number of amides is 1. The highest BCUT2D eigenvalue weighted by Crippen LogP contribution is 2.32. The topological polar surface area (TPSA) is 64.1 Å². The van der Waals surface area contributed by atoms with Gasteiger partial charge in [0, 0.05) is 41.5 Å². The lowest BCUT2D eigenvalue weighted by molar-refractivity contribution is 0.1000. The Hall–Kier alpha value is -2.14. The highest BCUT2D eigenvalue weighted by molar-refractivity contribution is 6.02. The molecule has 0 saturated heterocycles. The number of pyridine rings is 1. The molecule has 2 heterocycles. The van der Waals surface area contributed by atoms with Gasteiger partial charge in [0.15, 0.2) is 0 Å². The van der Waals surface area contributed by atoms with Crippen molar-refractivity contribution in [3.8, 4) is 11.1 Å². The van der Waals surface area contributed by atoms with Crippen LogP contribution in [0.25, 0.3) is 11.1 Å². The van der Waals surface area contributed by atoms with Crippen molar-refractivity contribution in [1.29, 1.82) is 0 Å². The Kier molecular flexibility index (Phi) is 5.55. The minimum absolute atomic E-state index is 0.373. The van der Waals surface area contributed by atoms with Crippen molar-refractivity contribution < 1.29 is 4.79 Å². The fourth-order valence-electron chi connectivity index (χ4n) is 3.14. The molecular formula is C18H26N4O. The first-order valence-electron chi connectivity index (χ1n) is 8.04. The van der Waals surface area contributed by atoms with Gasteiger partial charge in [-0.05, 0) is 46.5 Å². The third-order valence-electron chi connectivity index (χ3n) is 4.15. The van der Waals surface area contributed by atoms with Crippen molar-refractivity contribution in [2.24, 2.45) is 5.73 Å². The van der Waals surface area contributed by atoms with Crippen molar-refractivity contribution in [3.05, 3.63) is 41.5 Å². The van der Waals surface area contributed by atoms with Crippen LogP contribution in [-0.4, -0.2) is 41.0 Å². The smallest absolute Gasteiger partial charge is 0.251 e. The van der Waals surface area contributed by atoms with Gasteiger partial charge >= 0.3 is 0 Å². The van der Waals surface area contributed by atoms with E-state index in [4.69, 9.17) is 5.73 Å². The number of nitrogens with zero attached hydrogens (tertiary/aromatic N) is 3. The molecule has 5 heteroatoms. The number of hydrogen-bond donors (Lipinski definition) is 1. The molecule has 0 saturated carbocycles. The molecule has 23 heavy (non-hydrogen) atoms. The Bertz CT molecular complexity index is 674. The highest BCUT2D eigenvalue weighted by atomic mass is 16.1. The summed E-state index contributed by atoms with van der Waals surface area (Å²) >= 11 is 0. The third-order valence-corrected chi connectivity index (χ3v) is 4.15. The van der Waals surface area contributed by atoms with Crippen LogP contribution in [-0.2, 0) is 13.0 Å². The standard InChI is InChI=1S/C18H26N4O/c1-5-15-17(14-8-6-9-20-12-14)16(18(19)23)13(2)22(15)11-7-10-21(3)4/h6,8-9,12H,5,7,10-11H2,1-4H3,(H2,19,23). The molecule has 2 aromatic rings. The summed E-state index contributed by atoms with van der Waals surface area (Å²) in [6.45, 7) is 5.99. The van der Waals surface area contributed by atoms with E-state index in [0.29, 0.717) is 5.56 Å². The van der Waals surface area contributed by atoms with Gasteiger partial charge in [-0.15, -0.1) is 0 Å². The molecule has 0 aliphatic carbocycles. The normalized spacial score (nSPS) is 11.2. The van der Waals surface area contributed by atoms with Crippen LogP contribution in [0.1, 0.15) is 35.1 Å². The first-order chi connectivity index (χ1) is 11.0. The molecule has 0 unspecified atom stereocenters. The Morgan fingerprint density at radius 3 is 2.65 bits per heavy atom. The minimum Gasteiger partial charge on any atom is -0.366 e. The van der Waals surface area contributed by atoms with Gasteiger partial charge < -0.3 is 15.2 Å². The molecule has 5 nitrogen and oxygen atoms in total. The fourth-order valence-corrected chi connectivity index (χ4v) is 3.14. The van der Waals surface area contributed by atoms with Crippen LogP contribution in [0.15, 0.2) is 24.5 Å². The molecular weight excluding hydrogens is 288 g/mol. The van der Waals surface area contributed by atoms with Gasteiger partial charge in [-0.1, -0.05) is 13.0 Å². The van der Waals surface area contributed by atoms with Gasteiger partial charge in [-0.25, -0.2) is 0 Å². The van der Waals surface area contributed by atoms with Crippen LogP contribution in [0.4, 0.5) is 0 Å². The maximum atomic E-state index is 12.1. The molecule has 0 aromatic carbocycles. The zero-order chi connectivity index (χ0) is 17.0. The average Bonchev–Trinajstić information content (AvgIpc) is 2.80. The van der Waals surface area contributed by atoms with Crippen molar-refractivity contribution in [2.45, 2.75) is 33.2 Å². The number of nitrogens with two attached hydrogens (primary N) is 1. The number of aromatic nitrogens is 2. The lowest BCUT2D eigenvalue weighted by Crippen LogP contribution is -2.17. The molecule has 124 valence electrons. The number of rotatable bonds is 7. The SMILES string of the molecule is CCc1c(-c2cccnc2)c(C(N)=O)c(C)n1CCCN(C)C. The van der Waals surface area contributed by atoms with Gasteiger partial charge in [0.05, 0.1) is 5.56 Å². The predicted molar refractivity (Wildman–Crippen MR) is 93.5 cm³/mol. The quantitative estimate of drug-likeness (QED) is 0.854. The van der Waals surface area contributed by atoms with Crippen LogP contribution in [0.5, 0.6) is 0 Å². The Balaban J connectivity index is 2.54. The van der Waals surface area contributed by atoms with Gasteiger partial charge in [-0.2, -0.15) is 0 Å². The maximum Gasteiger partial charge on any atom is 0.251 e. The molecule has 0 spiro atoms. The van der Waals surface area contributed by atoms with E-state index in [9.17, 15) is 4.79 Å². The molecule has 0 atom stereocenters. The largest absolute Gasteiger partial charge is 0.366 e. The molecule has 2 N–H and O–H groups in total. The van der Waals surface area contributed by atoms with Crippen LogP contribution < -0.4 is 5.73 Å². The number of carbonyl (C=O) groups is 1. The first-order valence-corrected chi connectivity index (χ1v) is 8.04. The Labute approximate surface area is 138 Å². The maximum absolute atomic E-state index is 12.1. The monoisotopic (exact) mass is 314 g/mol. The zero-order valence-corrected chi connectivity index (χ0v) is 14.5. The van der Waals surface area contributed by atoms with Gasteiger partial charge in [0.2, 0.25) is 0 Å². The summed E-state index contributed by atoms with van der Waals surface area (Å²) in [4.78, 5) is 18.4. The summed E-state index contributed by atoms with van der Waals surface area (Å²) in [5.74, 6) is -0.373. The first kappa shape index (κ1) is 17.2. The lowest BCUT2D eigenvalue weighted by Gasteiger charge is -2.14. The van der Waals surface area contributed by atoms with E-state index in [0.717, 1.165) is 48.4 Å². The molecule has 2 rings (SSSR count). The summed E-state index contributed by atoms with van der Waals surface area (Å²) in [7, 11) is 4.14. The summed E-state index contributed by atoms with van der Waals surface area (Å²) in [5.41, 5.74) is 10.3. The predicted octanol–water partition coefficient (Wildman–Crippen LogP) is 2.47. The lowest BCUT2D eigenvalue weighted by atomic mass is 10.0. The minimum atomic E-state index is -0.373. The molecule has 0 aliphatic heterocycles. The van der Waals surface area contributed by atoms with Crippen molar-refractivity contribution in [3.63, 3.8) is 0 Å². The van der Waals surface area contributed by atoms with Crippen molar-refractivity contribution in [1.82, 2.24) is 14.5 Å². The number of primary amides is 1. The van der Waals surface area contributed by atoms with Crippen LogP contribution in [0.3, 0.4) is 0 Å². The number of hydrogen-bond acceptors (Lipinski definition) is 3. The number of carbonyl (C=O) groups excluding carboxylic acids is 1. The molecule has 0 aliphatic rings. The third kappa shape index (κ3) is 3.62. The van der Waals surface area contributed by atoms with Gasteiger partial charge in [-0.3, -0.25) is 9.78 Å². The zero-order valence-electron chi connectivity index (χ0n) is 14.5. The van der Waals surface area contributed by atoms with E-state index >= 15 is 0 Å². The van der Waals surface area contributed by atoms with Gasteiger partial charge in [0.25, 0.3) is 5.91 Å². The second-order valence-electron chi connectivity index (χ2n) is 6.05. The summed E-state index contributed by atoms with van der Waals surface area (Å²) in [5, 5.41) is 0. The van der Waals surface area contributed by atoms with E-state index in [1.807, 2.05) is 19.1 Å².